The molecule has 6 heteroatoms. The Balaban J connectivity index is 1.80. The highest BCUT2D eigenvalue weighted by Gasteiger charge is 2.33. The summed E-state index contributed by atoms with van der Waals surface area (Å²) < 4.78 is 11.7. The highest BCUT2D eigenvalue weighted by atomic mass is 79.9. The van der Waals surface area contributed by atoms with Gasteiger partial charge >= 0.3 is 0 Å². The Bertz CT molecular complexity index is 837. The predicted molar refractivity (Wildman–Crippen MR) is 94.3 cm³/mol. The summed E-state index contributed by atoms with van der Waals surface area (Å²) in [5, 5.41) is 3.44. The normalized spacial score (nSPS) is 18.1. The number of halogens is 1. The molecule has 24 heavy (non-hydrogen) atoms. The van der Waals surface area contributed by atoms with E-state index >= 15 is 0 Å². The van der Waals surface area contributed by atoms with Gasteiger partial charge in [-0.15, -0.1) is 6.58 Å². The number of fused-ring (bicyclic) bond motifs is 2. The van der Waals surface area contributed by atoms with Crippen LogP contribution in [0.1, 0.15) is 22.1 Å². The Labute approximate surface area is 148 Å². The molecular weight excluding hydrogens is 372 g/mol. The van der Waals surface area contributed by atoms with Crippen molar-refractivity contribution in [3.63, 3.8) is 0 Å². The highest BCUT2D eigenvalue weighted by Crippen LogP contribution is 2.43. The number of ether oxygens (including phenoxy) is 2. The molecule has 1 N–H and O–H groups in total. The van der Waals surface area contributed by atoms with Crippen LogP contribution in [0.2, 0.25) is 0 Å². The average molecular weight is 387 g/mol. The molecule has 0 spiro atoms. The van der Waals surface area contributed by atoms with Crippen LogP contribution in [0, 0.1) is 0 Å². The predicted octanol–water partition coefficient (Wildman–Crippen LogP) is 3.93. The van der Waals surface area contributed by atoms with Gasteiger partial charge in [0.2, 0.25) is 6.79 Å². The summed E-state index contributed by atoms with van der Waals surface area (Å²) in [5.74, 6) is 1.34. The van der Waals surface area contributed by atoms with Crippen LogP contribution in [0.15, 0.2) is 53.5 Å². The zero-order valence-electron chi connectivity index (χ0n) is 12.8. The molecule has 0 saturated carbocycles. The number of hydrogen-bond acceptors (Lipinski definition) is 4. The molecule has 2 heterocycles. The van der Waals surface area contributed by atoms with Crippen molar-refractivity contribution in [1.82, 2.24) is 4.90 Å². The minimum Gasteiger partial charge on any atom is -0.454 e. The quantitative estimate of drug-likeness (QED) is 0.811. The molecule has 0 bridgehead atoms. The molecule has 2 aliphatic heterocycles. The highest BCUT2D eigenvalue weighted by molar-refractivity contribution is 9.10. The van der Waals surface area contributed by atoms with Crippen molar-refractivity contribution < 1.29 is 14.3 Å². The van der Waals surface area contributed by atoms with Gasteiger partial charge in [-0.1, -0.05) is 18.2 Å². The molecule has 122 valence electrons. The second-order valence-corrected chi connectivity index (χ2v) is 6.43. The van der Waals surface area contributed by atoms with Crippen LogP contribution in [0.4, 0.5) is 5.69 Å². The maximum absolute atomic E-state index is 12.9. The third-order valence-electron chi connectivity index (χ3n) is 4.11. The summed E-state index contributed by atoms with van der Waals surface area (Å²) in [6, 6.07) is 11.4. The molecule has 0 aliphatic carbocycles. The van der Waals surface area contributed by atoms with Crippen LogP contribution in [0.5, 0.6) is 11.5 Å². The van der Waals surface area contributed by atoms with Crippen molar-refractivity contribution in [3.05, 3.63) is 64.7 Å². The molecular formula is C18H15BrN2O3. The molecule has 0 fully saturated rings. The number of para-hydroxylation sites is 1. The first-order chi connectivity index (χ1) is 11.7. The van der Waals surface area contributed by atoms with E-state index in [0.29, 0.717) is 23.6 Å². The monoisotopic (exact) mass is 386 g/mol. The number of rotatable bonds is 3. The lowest BCUT2D eigenvalue weighted by Gasteiger charge is -2.37. The molecule has 5 nitrogen and oxygen atoms in total. The molecule has 1 unspecified atom stereocenters. The average Bonchev–Trinajstić information content (AvgIpc) is 3.06. The van der Waals surface area contributed by atoms with E-state index in [2.05, 4.69) is 27.8 Å². The van der Waals surface area contributed by atoms with E-state index in [1.165, 1.54) is 0 Å². The van der Waals surface area contributed by atoms with Crippen LogP contribution in [-0.2, 0) is 0 Å². The van der Waals surface area contributed by atoms with E-state index in [1.807, 2.05) is 36.4 Å². The summed E-state index contributed by atoms with van der Waals surface area (Å²) >= 11 is 3.51. The molecule has 0 saturated heterocycles. The first-order valence-corrected chi connectivity index (χ1v) is 8.35. The van der Waals surface area contributed by atoms with Crippen molar-refractivity contribution in [2.75, 3.05) is 18.7 Å². The SMILES string of the molecule is C=CCN1C(=O)c2ccccc2NC1c1cc(Br)c2c(c1)OCO2. The van der Waals surface area contributed by atoms with E-state index in [0.717, 1.165) is 15.7 Å². The number of carbonyl (C=O) groups excluding carboxylic acids is 1. The van der Waals surface area contributed by atoms with E-state index in [9.17, 15) is 4.79 Å². The Morgan fingerprint density at radius 3 is 3.00 bits per heavy atom. The van der Waals surface area contributed by atoms with Gasteiger partial charge in [0, 0.05) is 12.2 Å². The fourth-order valence-corrected chi connectivity index (χ4v) is 3.60. The van der Waals surface area contributed by atoms with Crippen molar-refractivity contribution in [2.24, 2.45) is 0 Å². The number of carbonyl (C=O) groups is 1. The summed E-state index contributed by atoms with van der Waals surface area (Å²) in [6.07, 6.45) is 1.42. The first-order valence-electron chi connectivity index (χ1n) is 7.55. The largest absolute Gasteiger partial charge is 0.454 e. The summed E-state index contributed by atoms with van der Waals surface area (Å²) in [5.41, 5.74) is 2.40. The lowest BCUT2D eigenvalue weighted by Crippen LogP contribution is -2.43. The number of benzene rings is 2. The van der Waals surface area contributed by atoms with Gasteiger partial charge in [-0.05, 0) is 45.8 Å². The lowest BCUT2D eigenvalue weighted by molar-refractivity contribution is 0.0707. The number of nitrogens with zero attached hydrogens (tertiary/aromatic N) is 1. The minimum atomic E-state index is -0.309. The lowest BCUT2D eigenvalue weighted by atomic mass is 10.0. The number of anilines is 1. The van der Waals surface area contributed by atoms with Crippen LogP contribution in [0.25, 0.3) is 0 Å². The van der Waals surface area contributed by atoms with Gasteiger partial charge in [-0.3, -0.25) is 4.79 Å². The van der Waals surface area contributed by atoms with Crippen molar-refractivity contribution in [1.29, 1.82) is 0 Å². The van der Waals surface area contributed by atoms with Gasteiger partial charge in [0.1, 0.15) is 6.17 Å². The molecule has 2 aromatic rings. The molecule has 1 atom stereocenters. The van der Waals surface area contributed by atoms with Crippen LogP contribution < -0.4 is 14.8 Å². The molecule has 1 amide bonds. The standard InChI is InChI=1S/C18H15BrN2O3/c1-2-7-21-17(20-14-6-4-3-5-12(14)18(21)22)11-8-13(19)16-15(9-11)23-10-24-16/h2-6,8-9,17,20H,1,7,10H2. The van der Waals surface area contributed by atoms with E-state index < -0.39 is 0 Å². The van der Waals surface area contributed by atoms with Gasteiger partial charge in [0.25, 0.3) is 5.91 Å². The number of nitrogens with one attached hydrogen (secondary N) is 1. The van der Waals surface area contributed by atoms with E-state index in [-0.39, 0.29) is 18.9 Å². The summed E-state index contributed by atoms with van der Waals surface area (Å²) in [7, 11) is 0. The summed E-state index contributed by atoms with van der Waals surface area (Å²) in [6.45, 7) is 4.42. The molecule has 0 radical (unpaired) electrons. The molecule has 0 aromatic heterocycles. The van der Waals surface area contributed by atoms with Crippen molar-refractivity contribution in [3.8, 4) is 11.5 Å². The van der Waals surface area contributed by atoms with Crippen molar-refractivity contribution >= 4 is 27.5 Å². The molecule has 2 aliphatic rings. The fourth-order valence-electron chi connectivity index (χ4n) is 3.03. The molecule has 2 aromatic carbocycles. The maximum Gasteiger partial charge on any atom is 0.258 e. The van der Waals surface area contributed by atoms with E-state index in [1.54, 1.807) is 11.0 Å². The Hall–Kier alpha value is -2.47. The van der Waals surface area contributed by atoms with Crippen LogP contribution >= 0.6 is 15.9 Å². The Morgan fingerprint density at radius 1 is 1.33 bits per heavy atom. The van der Waals surface area contributed by atoms with Crippen LogP contribution in [-0.4, -0.2) is 24.1 Å². The fraction of sp³-hybridized carbons (Fsp3) is 0.167. The topological polar surface area (TPSA) is 50.8 Å². The van der Waals surface area contributed by atoms with Gasteiger partial charge in [0.15, 0.2) is 11.5 Å². The zero-order chi connectivity index (χ0) is 16.7. The third-order valence-corrected chi connectivity index (χ3v) is 4.70. The minimum absolute atomic E-state index is 0.0250. The third kappa shape index (κ3) is 2.34. The maximum atomic E-state index is 12.9. The Morgan fingerprint density at radius 2 is 2.17 bits per heavy atom. The van der Waals surface area contributed by atoms with Crippen LogP contribution in [0.3, 0.4) is 0 Å². The number of hydrogen-bond donors (Lipinski definition) is 1. The zero-order valence-corrected chi connectivity index (χ0v) is 14.4. The van der Waals surface area contributed by atoms with Crippen molar-refractivity contribution in [2.45, 2.75) is 6.17 Å². The second kappa shape index (κ2) is 5.87. The molecule has 4 rings (SSSR count). The van der Waals surface area contributed by atoms with Gasteiger partial charge in [-0.25, -0.2) is 0 Å². The van der Waals surface area contributed by atoms with E-state index in [4.69, 9.17) is 9.47 Å². The summed E-state index contributed by atoms with van der Waals surface area (Å²) in [4.78, 5) is 14.6. The first kappa shape index (κ1) is 15.1. The van der Waals surface area contributed by atoms with Gasteiger partial charge in [-0.2, -0.15) is 0 Å². The smallest absolute Gasteiger partial charge is 0.258 e. The number of amides is 1. The van der Waals surface area contributed by atoms with Gasteiger partial charge < -0.3 is 19.7 Å². The second-order valence-electron chi connectivity index (χ2n) is 5.58. The Kier molecular flexibility index (Phi) is 3.69. The van der Waals surface area contributed by atoms with Gasteiger partial charge in [0.05, 0.1) is 10.0 Å².